The van der Waals surface area contributed by atoms with E-state index in [0.29, 0.717) is 48.6 Å². The molecule has 3 heterocycles. The van der Waals surface area contributed by atoms with Gasteiger partial charge in [0, 0.05) is 19.0 Å². The molecule has 0 spiro atoms. The van der Waals surface area contributed by atoms with Gasteiger partial charge in [0.2, 0.25) is 11.9 Å². The number of anilines is 2. The fourth-order valence-electron chi connectivity index (χ4n) is 3.98. The molecule has 0 bridgehead atoms. The van der Waals surface area contributed by atoms with Gasteiger partial charge < -0.3 is 15.3 Å². The molecule has 1 aliphatic heterocycles. The number of phenolic OH excluding ortho intramolecular Hbond substituents is 1. The summed E-state index contributed by atoms with van der Waals surface area (Å²) >= 11 is 0. The van der Waals surface area contributed by atoms with Crippen molar-refractivity contribution >= 4 is 28.6 Å². The van der Waals surface area contributed by atoms with Gasteiger partial charge in [0.25, 0.3) is 5.56 Å². The topological polar surface area (TPSA) is 116 Å². The molecule has 4 aromatic rings. The highest BCUT2D eigenvalue weighted by Gasteiger charge is 2.27. The first-order valence-electron chi connectivity index (χ1n) is 10.5. The zero-order valence-corrected chi connectivity index (χ0v) is 17.2. The zero-order valence-electron chi connectivity index (χ0n) is 17.2. The first-order chi connectivity index (χ1) is 15.6. The molecule has 1 amide bonds. The normalized spacial score (nSPS) is 14.6. The largest absolute Gasteiger partial charge is 0.506 e. The van der Waals surface area contributed by atoms with E-state index in [9.17, 15) is 14.7 Å². The number of amides is 1. The molecule has 2 aromatic carbocycles. The molecule has 32 heavy (non-hydrogen) atoms. The van der Waals surface area contributed by atoms with E-state index in [0.717, 1.165) is 5.69 Å². The average molecular weight is 430 g/mol. The van der Waals surface area contributed by atoms with Crippen LogP contribution in [0, 0.1) is 5.92 Å². The molecule has 9 heteroatoms. The van der Waals surface area contributed by atoms with E-state index in [1.807, 2.05) is 35.2 Å². The number of hydrogen-bond acceptors (Lipinski definition) is 6. The zero-order chi connectivity index (χ0) is 22.1. The van der Waals surface area contributed by atoms with Crippen LogP contribution in [0.5, 0.6) is 5.75 Å². The SMILES string of the molecule is O=C(Nc1ccccc1O)C1CCN(c2nc3c(cnn3-c3ccccc3)c(=O)[nH]2)CC1. The van der Waals surface area contributed by atoms with Crippen LogP contribution in [0.15, 0.2) is 65.6 Å². The first kappa shape index (κ1) is 19.8. The molecule has 9 nitrogen and oxygen atoms in total. The number of carbonyl (C=O) groups excluding carboxylic acids is 1. The Labute approximate surface area is 183 Å². The van der Waals surface area contributed by atoms with Crippen molar-refractivity contribution in [2.24, 2.45) is 5.92 Å². The Morgan fingerprint density at radius 2 is 1.78 bits per heavy atom. The quantitative estimate of drug-likeness (QED) is 0.429. The molecule has 1 saturated heterocycles. The number of H-pyrrole nitrogens is 1. The molecule has 5 rings (SSSR count). The monoisotopic (exact) mass is 430 g/mol. The lowest BCUT2D eigenvalue weighted by molar-refractivity contribution is -0.120. The number of fused-ring (bicyclic) bond motifs is 1. The number of aromatic nitrogens is 4. The van der Waals surface area contributed by atoms with Crippen LogP contribution in [-0.4, -0.2) is 43.9 Å². The smallest absolute Gasteiger partial charge is 0.263 e. The number of para-hydroxylation sites is 3. The summed E-state index contributed by atoms with van der Waals surface area (Å²) in [6.07, 6.45) is 2.74. The number of hydrogen-bond donors (Lipinski definition) is 3. The van der Waals surface area contributed by atoms with Crippen molar-refractivity contribution < 1.29 is 9.90 Å². The molecule has 0 atom stereocenters. The Hall–Kier alpha value is -4.14. The van der Waals surface area contributed by atoms with Gasteiger partial charge in [-0.15, -0.1) is 0 Å². The molecule has 162 valence electrons. The molecular weight excluding hydrogens is 408 g/mol. The fraction of sp³-hybridized carbons (Fsp3) is 0.217. The average Bonchev–Trinajstić information content (AvgIpc) is 3.26. The van der Waals surface area contributed by atoms with Gasteiger partial charge in [-0.1, -0.05) is 30.3 Å². The van der Waals surface area contributed by atoms with E-state index < -0.39 is 0 Å². The van der Waals surface area contributed by atoms with E-state index in [4.69, 9.17) is 0 Å². The Balaban J connectivity index is 1.33. The fourth-order valence-corrected chi connectivity index (χ4v) is 3.98. The lowest BCUT2D eigenvalue weighted by Gasteiger charge is -2.31. The molecule has 0 unspecified atom stereocenters. The van der Waals surface area contributed by atoms with Gasteiger partial charge in [-0.05, 0) is 37.1 Å². The maximum atomic E-state index is 12.6. The molecule has 0 radical (unpaired) electrons. The van der Waals surface area contributed by atoms with Gasteiger partial charge in [0.15, 0.2) is 5.65 Å². The molecule has 2 aromatic heterocycles. The summed E-state index contributed by atoms with van der Waals surface area (Å²) < 4.78 is 1.65. The van der Waals surface area contributed by atoms with Gasteiger partial charge in [-0.2, -0.15) is 10.1 Å². The van der Waals surface area contributed by atoms with Crippen molar-refractivity contribution in [3.63, 3.8) is 0 Å². The number of piperidine rings is 1. The number of benzene rings is 2. The van der Waals surface area contributed by atoms with Crippen molar-refractivity contribution in [3.8, 4) is 11.4 Å². The van der Waals surface area contributed by atoms with Crippen molar-refractivity contribution in [1.29, 1.82) is 0 Å². The number of nitrogens with one attached hydrogen (secondary N) is 2. The summed E-state index contributed by atoms with van der Waals surface area (Å²) in [5.41, 5.74) is 1.48. The van der Waals surface area contributed by atoms with Crippen LogP contribution in [0.4, 0.5) is 11.6 Å². The minimum Gasteiger partial charge on any atom is -0.506 e. The number of aromatic amines is 1. The van der Waals surface area contributed by atoms with Gasteiger partial charge in [0.1, 0.15) is 11.1 Å². The van der Waals surface area contributed by atoms with Crippen molar-refractivity contribution in [3.05, 3.63) is 71.1 Å². The van der Waals surface area contributed by atoms with Crippen molar-refractivity contribution in [1.82, 2.24) is 19.7 Å². The predicted molar refractivity (Wildman–Crippen MR) is 121 cm³/mol. The molecule has 0 aliphatic carbocycles. The maximum Gasteiger partial charge on any atom is 0.263 e. The second-order valence-electron chi connectivity index (χ2n) is 7.79. The minimum absolute atomic E-state index is 0.0448. The molecule has 0 saturated carbocycles. The number of rotatable bonds is 4. The maximum absolute atomic E-state index is 12.6. The summed E-state index contributed by atoms with van der Waals surface area (Å²) in [6, 6.07) is 16.2. The Kier molecular flexibility index (Phi) is 5.06. The Morgan fingerprint density at radius 1 is 1.06 bits per heavy atom. The van der Waals surface area contributed by atoms with Gasteiger partial charge in [-0.3, -0.25) is 14.6 Å². The summed E-state index contributed by atoms with van der Waals surface area (Å²) in [7, 11) is 0. The van der Waals surface area contributed by atoms with Crippen LogP contribution in [-0.2, 0) is 4.79 Å². The molecule has 1 aliphatic rings. The van der Waals surface area contributed by atoms with Crippen LogP contribution in [0.25, 0.3) is 16.7 Å². The summed E-state index contributed by atoms with van der Waals surface area (Å²) in [5.74, 6) is 0.212. The number of carbonyl (C=O) groups is 1. The highest BCUT2D eigenvalue weighted by atomic mass is 16.3. The molecule has 1 fully saturated rings. The minimum atomic E-state index is -0.244. The third kappa shape index (κ3) is 3.68. The lowest BCUT2D eigenvalue weighted by Crippen LogP contribution is -2.39. The van der Waals surface area contributed by atoms with Gasteiger partial charge in [0.05, 0.1) is 17.6 Å². The van der Waals surface area contributed by atoms with E-state index >= 15 is 0 Å². The predicted octanol–water partition coefficient (Wildman–Crippen LogP) is 2.67. The highest BCUT2D eigenvalue weighted by molar-refractivity contribution is 5.94. The molecular formula is C23H22N6O3. The highest BCUT2D eigenvalue weighted by Crippen LogP contribution is 2.26. The van der Waals surface area contributed by atoms with E-state index in [1.54, 1.807) is 22.9 Å². The summed E-state index contributed by atoms with van der Waals surface area (Å²) in [5, 5.41) is 17.4. The number of aromatic hydroxyl groups is 1. The van der Waals surface area contributed by atoms with Gasteiger partial charge in [-0.25, -0.2) is 4.68 Å². The summed E-state index contributed by atoms with van der Waals surface area (Å²) in [4.78, 5) is 34.8. The van der Waals surface area contributed by atoms with Crippen molar-refractivity contribution in [2.75, 3.05) is 23.3 Å². The second-order valence-corrected chi connectivity index (χ2v) is 7.79. The standard InChI is InChI=1S/C23H22N6O3/c30-19-9-5-4-8-18(19)25-21(31)15-10-12-28(13-11-15)23-26-20-17(22(32)27-23)14-24-29(20)16-6-2-1-3-7-16/h1-9,14-15,30H,10-13H2,(H,25,31)(H,26,27,32). The van der Waals surface area contributed by atoms with E-state index in [2.05, 4.69) is 20.4 Å². The third-order valence-corrected chi connectivity index (χ3v) is 5.75. The summed E-state index contributed by atoms with van der Waals surface area (Å²) in [6.45, 7) is 1.15. The Bertz CT molecular complexity index is 1320. The van der Waals surface area contributed by atoms with Crippen molar-refractivity contribution in [2.45, 2.75) is 12.8 Å². The van der Waals surface area contributed by atoms with E-state index in [-0.39, 0.29) is 23.1 Å². The second kappa shape index (κ2) is 8.18. The third-order valence-electron chi connectivity index (χ3n) is 5.75. The van der Waals surface area contributed by atoms with E-state index in [1.165, 1.54) is 12.3 Å². The number of nitrogens with zero attached hydrogens (tertiary/aromatic N) is 4. The lowest BCUT2D eigenvalue weighted by atomic mass is 9.96. The van der Waals surface area contributed by atoms with Crippen LogP contribution in [0.2, 0.25) is 0 Å². The molecule has 3 N–H and O–H groups in total. The van der Waals surface area contributed by atoms with Crippen LogP contribution in [0.1, 0.15) is 12.8 Å². The van der Waals surface area contributed by atoms with Crippen LogP contribution >= 0.6 is 0 Å². The van der Waals surface area contributed by atoms with Crippen LogP contribution < -0.4 is 15.8 Å². The van der Waals surface area contributed by atoms with Crippen LogP contribution in [0.3, 0.4) is 0 Å². The number of phenols is 1. The van der Waals surface area contributed by atoms with Gasteiger partial charge >= 0.3 is 0 Å². The first-order valence-corrected chi connectivity index (χ1v) is 10.5. The Morgan fingerprint density at radius 3 is 2.53 bits per heavy atom.